The van der Waals surface area contributed by atoms with Crippen molar-refractivity contribution in [1.82, 2.24) is 9.80 Å². The van der Waals surface area contributed by atoms with Gasteiger partial charge < -0.3 is 19.0 Å². The molecule has 1 amide bonds. The summed E-state index contributed by atoms with van der Waals surface area (Å²) >= 11 is 0. The van der Waals surface area contributed by atoms with Crippen LogP contribution in [0, 0.1) is 0 Å². The Morgan fingerprint density at radius 2 is 1.86 bits per heavy atom. The van der Waals surface area contributed by atoms with Crippen LogP contribution in [-0.4, -0.2) is 49.5 Å². The van der Waals surface area contributed by atoms with Gasteiger partial charge in [-0.3, -0.25) is 9.59 Å². The molecule has 1 aliphatic heterocycles. The fraction of sp³-hybridized carbons (Fsp3) is 0.304. The minimum Gasteiger partial charge on any atom is -0.494 e. The SMILES string of the molecule is CCOc1ccc2c(=O)c3c(oc2c1)C(=O)N(CCN(C)C)C3c1ccccc1. The van der Waals surface area contributed by atoms with Crippen molar-refractivity contribution in [1.29, 1.82) is 0 Å². The number of fused-ring (bicyclic) bond motifs is 2. The Morgan fingerprint density at radius 3 is 2.55 bits per heavy atom. The zero-order chi connectivity index (χ0) is 20.5. The molecule has 0 fully saturated rings. The molecule has 29 heavy (non-hydrogen) atoms. The van der Waals surface area contributed by atoms with Crippen LogP contribution in [0.5, 0.6) is 5.75 Å². The summed E-state index contributed by atoms with van der Waals surface area (Å²) in [7, 11) is 3.91. The van der Waals surface area contributed by atoms with E-state index in [0.717, 1.165) is 5.56 Å². The van der Waals surface area contributed by atoms with Gasteiger partial charge in [0.2, 0.25) is 5.76 Å². The highest BCUT2D eigenvalue weighted by atomic mass is 16.5. The Bertz CT molecular complexity index is 1110. The van der Waals surface area contributed by atoms with Crippen LogP contribution in [0.25, 0.3) is 11.0 Å². The van der Waals surface area contributed by atoms with Crippen LogP contribution in [0.15, 0.2) is 57.7 Å². The van der Waals surface area contributed by atoms with Crippen molar-refractivity contribution in [2.45, 2.75) is 13.0 Å². The van der Waals surface area contributed by atoms with Crippen molar-refractivity contribution in [2.24, 2.45) is 0 Å². The average molecular weight is 392 g/mol. The van der Waals surface area contributed by atoms with Crippen LogP contribution in [0.1, 0.15) is 34.6 Å². The van der Waals surface area contributed by atoms with Crippen LogP contribution >= 0.6 is 0 Å². The number of carbonyl (C=O) groups excluding carboxylic acids is 1. The van der Waals surface area contributed by atoms with E-state index in [1.54, 1.807) is 23.1 Å². The van der Waals surface area contributed by atoms with Crippen LogP contribution in [-0.2, 0) is 0 Å². The number of hydrogen-bond acceptors (Lipinski definition) is 5. The molecule has 1 unspecified atom stereocenters. The maximum absolute atomic E-state index is 13.4. The summed E-state index contributed by atoms with van der Waals surface area (Å²) in [4.78, 5) is 30.4. The largest absolute Gasteiger partial charge is 0.494 e. The minimum atomic E-state index is -0.453. The molecule has 0 saturated carbocycles. The molecule has 1 aliphatic rings. The zero-order valence-electron chi connectivity index (χ0n) is 16.8. The van der Waals surface area contributed by atoms with Crippen LogP contribution in [0.2, 0.25) is 0 Å². The van der Waals surface area contributed by atoms with Gasteiger partial charge in [0.25, 0.3) is 5.91 Å². The van der Waals surface area contributed by atoms with E-state index < -0.39 is 6.04 Å². The normalized spacial score (nSPS) is 15.9. The summed E-state index contributed by atoms with van der Waals surface area (Å²) in [5.41, 5.74) is 1.51. The zero-order valence-corrected chi connectivity index (χ0v) is 16.8. The lowest BCUT2D eigenvalue weighted by Crippen LogP contribution is -2.35. The van der Waals surface area contributed by atoms with E-state index in [4.69, 9.17) is 9.15 Å². The van der Waals surface area contributed by atoms with Gasteiger partial charge in [-0.2, -0.15) is 0 Å². The van der Waals surface area contributed by atoms with Crippen LogP contribution in [0.3, 0.4) is 0 Å². The molecule has 2 heterocycles. The van der Waals surface area contributed by atoms with Crippen LogP contribution < -0.4 is 10.2 Å². The van der Waals surface area contributed by atoms with Crippen molar-refractivity contribution in [3.05, 3.63) is 75.6 Å². The van der Waals surface area contributed by atoms with E-state index in [1.807, 2.05) is 56.3 Å². The molecule has 1 aromatic heterocycles. The van der Waals surface area contributed by atoms with Gasteiger partial charge in [0.1, 0.15) is 11.3 Å². The summed E-state index contributed by atoms with van der Waals surface area (Å²) in [6.07, 6.45) is 0. The second kappa shape index (κ2) is 7.72. The van der Waals surface area contributed by atoms with E-state index in [0.29, 0.717) is 42.0 Å². The van der Waals surface area contributed by atoms with E-state index in [-0.39, 0.29) is 17.1 Å². The summed E-state index contributed by atoms with van der Waals surface area (Å²) in [6.45, 7) is 3.58. The number of rotatable bonds is 6. The number of nitrogens with zero attached hydrogens (tertiary/aromatic N) is 2. The van der Waals surface area contributed by atoms with Crippen molar-refractivity contribution in [2.75, 3.05) is 33.8 Å². The smallest absolute Gasteiger partial charge is 0.290 e. The predicted molar refractivity (Wildman–Crippen MR) is 112 cm³/mol. The molecule has 0 spiro atoms. The summed E-state index contributed by atoms with van der Waals surface area (Å²) in [6, 6.07) is 14.3. The summed E-state index contributed by atoms with van der Waals surface area (Å²) in [5.74, 6) is 0.484. The van der Waals surface area contributed by atoms with Crippen molar-refractivity contribution >= 4 is 16.9 Å². The number of hydrogen-bond donors (Lipinski definition) is 0. The first-order valence-corrected chi connectivity index (χ1v) is 9.75. The molecule has 1 atom stereocenters. The van der Waals surface area contributed by atoms with Gasteiger partial charge in [-0.1, -0.05) is 30.3 Å². The van der Waals surface area contributed by atoms with Crippen LogP contribution in [0.4, 0.5) is 0 Å². The third-order valence-corrected chi connectivity index (χ3v) is 5.15. The Hall–Kier alpha value is -3.12. The fourth-order valence-electron chi connectivity index (χ4n) is 3.78. The second-order valence-corrected chi connectivity index (χ2v) is 7.38. The van der Waals surface area contributed by atoms with E-state index >= 15 is 0 Å². The van der Waals surface area contributed by atoms with Crippen molar-refractivity contribution < 1.29 is 13.9 Å². The maximum Gasteiger partial charge on any atom is 0.290 e. The first-order valence-electron chi connectivity index (χ1n) is 9.75. The summed E-state index contributed by atoms with van der Waals surface area (Å²) < 4.78 is 11.5. The third kappa shape index (κ3) is 3.40. The second-order valence-electron chi connectivity index (χ2n) is 7.38. The molecule has 3 aromatic rings. The van der Waals surface area contributed by atoms with Gasteiger partial charge in [-0.25, -0.2) is 0 Å². The summed E-state index contributed by atoms with van der Waals surface area (Å²) in [5, 5.41) is 0.454. The number of benzene rings is 2. The molecule has 0 aliphatic carbocycles. The lowest BCUT2D eigenvalue weighted by atomic mass is 9.98. The highest BCUT2D eigenvalue weighted by Crippen LogP contribution is 2.38. The molecule has 150 valence electrons. The monoisotopic (exact) mass is 392 g/mol. The molecule has 0 N–H and O–H groups in total. The molecular formula is C23H24N2O4. The maximum atomic E-state index is 13.4. The minimum absolute atomic E-state index is 0.128. The van der Waals surface area contributed by atoms with E-state index in [9.17, 15) is 9.59 Å². The molecule has 0 saturated heterocycles. The molecule has 4 rings (SSSR count). The Kier molecular flexibility index (Phi) is 5.11. The van der Waals surface area contributed by atoms with Gasteiger partial charge in [-0.15, -0.1) is 0 Å². The van der Waals surface area contributed by atoms with Crippen molar-refractivity contribution in [3.8, 4) is 5.75 Å². The predicted octanol–water partition coefficient (Wildman–Crippen LogP) is 3.30. The topological polar surface area (TPSA) is 63.0 Å². The molecule has 0 radical (unpaired) electrons. The molecule has 6 nitrogen and oxygen atoms in total. The average Bonchev–Trinajstić information content (AvgIpc) is 2.99. The van der Waals surface area contributed by atoms with E-state index in [2.05, 4.69) is 0 Å². The lowest BCUT2D eigenvalue weighted by Gasteiger charge is -2.26. The Labute approximate surface area is 169 Å². The van der Waals surface area contributed by atoms with Gasteiger partial charge >= 0.3 is 0 Å². The van der Waals surface area contributed by atoms with Gasteiger partial charge in [-0.05, 0) is 38.7 Å². The lowest BCUT2D eigenvalue weighted by molar-refractivity contribution is 0.0716. The van der Waals surface area contributed by atoms with Gasteiger partial charge in [0.05, 0.1) is 23.6 Å². The quantitative estimate of drug-likeness (QED) is 0.644. The number of carbonyl (C=O) groups is 1. The van der Waals surface area contributed by atoms with Gasteiger partial charge in [0, 0.05) is 19.2 Å². The first-order chi connectivity index (χ1) is 14.0. The molecule has 2 aromatic carbocycles. The highest BCUT2D eigenvalue weighted by Gasteiger charge is 2.42. The number of amides is 1. The Morgan fingerprint density at radius 1 is 1.10 bits per heavy atom. The van der Waals surface area contributed by atoms with E-state index in [1.165, 1.54) is 0 Å². The number of likely N-dealkylation sites (N-methyl/N-ethyl adjacent to an activating group) is 1. The molecule has 0 bridgehead atoms. The first kappa shape index (κ1) is 19.2. The molecular weight excluding hydrogens is 368 g/mol. The van der Waals surface area contributed by atoms with Gasteiger partial charge in [0.15, 0.2) is 5.43 Å². The molecule has 6 heteroatoms. The van der Waals surface area contributed by atoms with Crippen molar-refractivity contribution in [3.63, 3.8) is 0 Å². The standard InChI is InChI=1S/C23H24N2O4/c1-4-28-16-10-11-17-18(14-16)29-22-19(21(17)26)20(15-8-6-5-7-9-15)25(23(22)27)13-12-24(2)3/h5-11,14,20H,4,12-13H2,1-3H3. The number of ether oxygens (including phenoxy) is 1. The Balaban J connectivity index is 1.90. The third-order valence-electron chi connectivity index (χ3n) is 5.15. The highest BCUT2D eigenvalue weighted by molar-refractivity contribution is 5.99. The fourth-order valence-corrected chi connectivity index (χ4v) is 3.78.